The van der Waals surface area contributed by atoms with Crippen LogP contribution in [0.5, 0.6) is 0 Å². The zero-order valence-electron chi connectivity index (χ0n) is 14.2. The lowest BCUT2D eigenvalue weighted by Gasteiger charge is -2.43. The number of aryl methyl sites for hydroxylation is 1. The molecule has 0 saturated carbocycles. The molecule has 1 atom stereocenters. The van der Waals surface area contributed by atoms with Gasteiger partial charge in [0.15, 0.2) is 0 Å². The van der Waals surface area contributed by atoms with Gasteiger partial charge in [0, 0.05) is 26.2 Å². The lowest BCUT2D eigenvalue weighted by Crippen LogP contribution is -2.59. The molecule has 0 bridgehead atoms. The second-order valence-electron chi connectivity index (χ2n) is 6.68. The van der Waals surface area contributed by atoms with Crippen molar-refractivity contribution in [2.75, 3.05) is 39.4 Å². The van der Waals surface area contributed by atoms with Crippen LogP contribution in [0.4, 0.5) is 4.39 Å². The molecule has 1 aromatic heterocycles. The number of amides is 1. The van der Waals surface area contributed by atoms with E-state index < -0.39 is 0 Å². The number of hydrogen-bond acceptors (Lipinski definition) is 4. The molecule has 0 spiro atoms. The standard InChI is InChI=1S/C19H21FN2O2S/c1-13-2-3-14(8-17(13)20)15-9-18(25-12-15)19(23)22-5-4-21-6-7-24-11-16(21)10-22/h2-3,8-9,12,16H,4-7,10-11H2,1H3. The smallest absolute Gasteiger partial charge is 0.264 e. The van der Waals surface area contributed by atoms with Gasteiger partial charge in [-0.1, -0.05) is 12.1 Å². The Balaban J connectivity index is 1.49. The zero-order valence-corrected chi connectivity index (χ0v) is 15.0. The van der Waals surface area contributed by atoms with Gasteiger partial charge < -0.3 is 9.64 Å². The van der Waals surface area contributed by atoms with Crippen molar-refractivity contribution in [1.82, 2.24) is 9.80 Å². The van der Waals surface area contributed by atoms with Crippen molar-refractivity contribution in [2.24, 2.45) is 0 Å². The number of halogens is 1. The van der Waals surface area contributed by atoms with Crippen LogP contribution in [0.3, 0.4) is 0 Å². The van der Waals surface area contributed by atoms with E-state index in [1.165, 1.54) is 17.4 Å². The fraction of sp³-hybridized carbons (Fsp3) is 0.421. The third kappa shape index (κ3) is 3.34. The Morgan fingerprint density at radius 1 is 1.24 bits per heavy atom. The topological polar surface area (TPSA) is 32.8 Å². The van der Waals surface area contributed by atoms with E-state index in [4.69, 9.17) is 4.74 Å². The van der Waals surface area contributed by atoms with E-state index in [1.807, 2.05) is 22.4 Å². The first kappa shape index (κ1) is 16.7. The molecule has 3 heterocycles. The normalized spacial score (nSPS) is 21.2. The second-order valence-corrected chi connectivity index (χ2v) is 7.59. The van der Waals surface area contributed by atoms with Crippen LogP contribution in [-0.4, -0.2) is 61.1 Å². The number of hydrogen-bond donors (Lipinski definition) is 0. The molecule has 2 saturated heterocycles. The third-order valence-corrected chi connectivity index (χ3v) is 5.96. The summed E-state index contributed by atoms with van der Waals surface area (Å²) in [5, 5.41) is 1.93. The van der Waals surface area contributed by atoms with E-state index >= 15 is 0 Å². The maximum Gasteiger partial charge on any atom is 0.264 e. The Bertz CT molecular complexity index is 791. The van der Waals surface area contributed by atoms with Crippen LogP contribution < -0.4 is 0 Å². The predicted octanol–water partition coefficient (Wildman–Crippen LogP) is 3.02. The SMILES string of the molecule is Cc1ccc(-c2csc(C(=O)N3CCN4CCOCC4C3)c2)cc1F. The lowest BCUT2D eigenvalue weighted by atomic mass is 10.1. The van der Waals surface area contributed by atoms with E-state index in [0.29, 0.717) is 29.6 Å². The number of fused-ring (bicyclic) bond motifs is 1. The zero-order chi connectivity index (χ0) is 17.4. The van der Waals surface area contributed by atoms with Gasteiger partial charge in [-0.2, -0.15) is 0 Å². The van der Waals surface area contributed by atoms with Crippen LogP contribution in [0.1, 0.15) is 15.2 Å². The number of carbonyl (C=O) groups is 1. The summed E-state index contributed by atoms with van der Waals surface area (Å²) in [5.41, 5.74) is 2.33. The highest BCUT2D eigenvalue weighted by Gasteiger charge is 2.32. The maximum absolute atomic E-state index is 13.8. The summed E-state index contributed by atoms with van der Waals surface area (Å²) < 4.78 is 19.3. The number of ether oxygens (including phenoxy) is 1. The highest BCUT2D eigenvalue weighted by molar-refractivity contribution is 7.12. The summed E-state index contributed by atoms with van der Waals surface area (Å²) in [5.74, 6) is -0.154. The number of nitrogens with zero attached hydrogens (tertiary/aromatic N) is 2. The quantitative estimate of drug-likeness (QED) is 0.825. The lowest BCUT2D eigenvalue weighted by molar-refractivity contribution is -0.0394. The van der Waals surface area contributed by atoms with Crippen LogP contribution in [-0.2, 0) is 4.74 Å². The number of benzene rings is 1. The number of morpholine rings is 1. The molecule has 0 aliphatic carbocycles. The van der Waals surface area contributed by atoms with E-state index in [1.54, 1.807) is 13.0 Å². The molecular formula is C19H21FN2O2S. The van der Waals surface area contributed by atoms with Crippen molar-refractivity contribution < 1.29 is 13.9 Å². The van der Waals surface area contributed by atoms with Crippen LogP contribution in [0, 0.1) is 12.7 Å². The van der Waals surface area contributed by atoms with Crippen molar-refractivity contribution in [3.63, 3.8) is 0 Å². The molecule has 25 heavy (non-hydrogen) atoms. The van der Waals surface area contributed by atoms with Gasteiger partial charge in [-0.3, -0.25) is 9.69 Å². The molecular weight excluding hydrogens is 339 g/mol. The van der Waals surface area contributed by atoms with E-state index in [-0.39, 0.29) is 11.7 Å². The van der Waals surface area contributed by atoms with E-state index in [9.17, 15) is 9.18 Å². The first-order valence-corrected chi connectivity index (χ1v) is 9.46. The summed E-state index contributed by atoms with van der Waals surface area (Å²) in [6.45, 7) is 6.55. The van der Waals surface area contributed by atoms with Crippen LogP contribution in [0.2, 0.25) is 0 Å². The van der Waals surface area contributed by atoms with Gasteiger partial charge in [-0.15, -0.1) is 11.3 Å². The summed E-state index contributed by atoms with van der Waals surface area (Å²) in [6, 6.07) is 7.38. The van der Waals surface area contributed by atoms with Crippen LogP contribution in [0.15, 0.2) is 29.6 Å². The fourth-order valence-corrected chi connectivity index (χ4v) is 4.34. The van der Waals surface area contributed by atoms with Crippen molar-refractivity contribution in [1.29, 1.82) is 0 Å². The minimum atomic E-state index is -0.218. The van der Waals surface area contributed by atoms with Crippen molar-refractivity contribution in [3.8, 4) is 11.1 Å². The Kier molecular flexibility index (Phi) is 4.58. The summed E-state index contributed by atoms with van der Waals surface area (Å²) in [6.07, 6.45) is 0. The number of carbonyl (C=O) groups excluding carboxylic acids is 1. The Morgan fingerprint density at radius 3 is 2.96 bits per heavy atom. The minimum Gasteiger partial charge on any atom is -0.378 e. The average molecular weight is 360 g/mol. The molecule has 1 unspecified atom stereocenters. The molecule has 1 aromatic carbocycles. The molecule has 2 aromatic rings. The van der Waals surface area contributed by atoms with Crippen LogP contribution >= 0.6 is 11.3 Å². The summed E-state index contributed by atoms with van der Waals surface area (Å²) >= 11 is 1.43. The first-order valence-electron chi connectivity index (χ1n) is 8.58. The average Bonchev–Trinajstić information content (AvgIpc) is 3.13. The first-order chi connectivity index (χ1) is 12.1. The molecule has 0 N–H and O–H groups in total. The number of piperazine rings is 1. The molecule has 2 fully saturated rings. The second kappa shape index (κ2) is 6.86. The Hall–Kier alpha value is -1.76. The van der Waals surface area contributed by atoms with Gasteiger partial charge in [-0.25, -0.2) is 4.39 Å². The molecule has 4 nitrogen and oxygen atoms in total. The molecule has 2 aliphatic heterocycles. The van der Waals surface area contributed by atoms with Crippen molar-refractivity contribution in [2.45, 2.75) is 13.0 Å². The molecule has 2 aliphatic rings. The fourth-order valence-electron chi connectivity index (χ4n) is 3.46. The van der Waals surface area contributed by atoms with Gasteiger partial charge >= 0.3 is 0 Å². The van der Waals surface area contributed by atoms with Gasteiger partial charge in [0.25, 0.3) is 5.91 Å². The predicted molar refractivity (Wildman–Crippen MR) is 96.5 cm³/mol. The van der Waals surface area contributed by atoms with Gasteiger partial charge in [0.05, 0.1) is 24.1 Å². The number of thiophene rings is 1. The summed E-state index contributed by atoms with van der Waals surface area (Å²) in [4.78, 5) is 17.9. The molecule has 0 radical (unpaired) electrons. The van der Waals surface area contributed by atoms with E-state index in [2.05, 4.69) is 4.90 Å². The van der Waals surface area contributed by atoms with Crippen molar-refractivity contribution >= 4 is 17.2 Å². The van der Waals surface area contributed by atoms with Crippen LogP contribution in [0.25, 0.3) is 11.1 Å². The Morgan fingerprint density at radius 2 is 2.12 bits per heavy atom. The molecule has 132 valence electrons. The molecule has 1 amide bonds. The van der Waals surface area contributed by atoms with Crippen molar-refractivity contribution in [3.05, 3.63) is 45.9 Å². The van der Waals surface area contributed by atoms with Gasteiger partial charge in [0.1, 0.15) is 5.82 Å². The number of rotatable bonds is 2. The Labute approximate surface area is 150 Å². The minimum absolute atomic E-state index is 0.0639. The molecule has 4 rings (SSSR count). The highest BCUT2D eigenvalue weighted by atomic mass is 32.1. The largest absolute Gasteiger partial charge is 0.378 e. The summed E-state index contributed by atoms with van der Waals surface area (Å²) in [7, 11) is 0. The van der Waals surface area contributed by atoms with Gasteiger partial charge in [-0.05, 0) is 41.1 Å². The van der Waals surface area contributed by atoms with Gasteiger partial charge in [0.2, 0.25) is 0 Å². The third-order valence-electron chi connectivity index (χ3n) is 5.04. The highest BCUT2D eigenvalue weighted by Crippen LogP contribution is 2.28. The maximum atomic E-state index is 13.8. The molecule has 6 heteroatoms. The monoisotopic (exact) mass is 360 g/mol. The van der Waals surface area contributed by atoms with E-state index in [0.717, 1.165) is 37.4 Å².